The Balaban J connectivity index is 4.65. The zero-order valence-corrected chi connectivity index (χ0v) is 11.2. The highest BCUT2D eigenvalue weighted by Crippen LogP contribution is 2.14. The topological polar surface area (TPSA) is 44.8 Å². The number of rotatable bonds is 9. The lowest BCUT2D eigenvalue weighted by Gasteiger charge is -2.26. The zero-order chi connectivity index (χ0) is 11.7. The van der Waals surface area contributed by atoms with Gasteiger partial charge < -0.3 is 13.3 Å². The van der Waals surface area contributed by atoms with Gasteiger partial charge in [-0.1, -0.05) is 6.92 Å². The van der Waals surface area contributed by atoms with Crippen molar-refractivity contribution in [1.29, 1.82) is 0 Å². The maximum Gasteiger partial charge on any atom is 0.574 e. The van der Waals surface area contributed by atoms with Gasteiger partial charge >= 0.3 is 8.80 Å². The Labute approximate surface area is 93.3 Å². The van der Waals surface area contributed by atoms with E-state index in [0.29, 0.717) is 26.2 Å². The van der Waals surface area contributed by atoms with E-state index in [1.54, 1.807) is 0 Å². The highest BCUT2D eigenvalue weighted by Gasteiger charge is 2.48. The molecule has 0 aromatic carbocycles. The van der Waals surface area contributed by atoms with E-state index in [9.17, 15) is 4.79 Å². The van der Waals surface area contributed by atoms with Crippen molar-refractivity contribution in [2.45, 2.75) is 40.5 Å². The van der Waals surface area contributed by atoms with Crippen molar-refractivity contribution in [3.63, 3.8) is 0 Å². The second-order valence-corrected chi connectivity index (χ2v) is 5.56. The molecule has 0 aliphatic heterocycles. The smallest absolute Gasteiger partial charge is 0.369 e. The predicted molar refractivity (Wildman–Crippen MR) is 60.5 cm³/mol. The van der Waals surface area contributed by atoms with Crippen molar-refractivity contribution in [1.82, 2.24) is 0 Å². The van der Waals surface area contributed by atoms with Gasteiger partial charge in [0.1, 0.15) is 0 Å². The van der Waals surface area contributed by atoms with Crippen molar-refractivity contribution in [2.24, 2.45) is 0 Å². The predicted octanol–water partition coefficient (Wildman–Crippen LogP) is 1.94. The van der Waals surface area contributed by atoms with E-state index in [2.05, 4.69) is 0 Å². The minimum Gasteiger partial charge on any atom is -0.369 e. The first-order valence-corrected chi connectivity index (χ1v) is 7.34. The summed E-state index contributed by atoms with van der Waals surface area (Å²) >= 11 is 0. The molecule has 0 fully saturated rings. The second-order valence-electron chi connectivity index (χ2n) is 3.03. The summed E-state index contributed by atoms with van der Waals surface area (Å²) in [6.07, 6.45) is 1.26. The molecule has 0 aromatic rings. The Kier molecular flexibility index (Phi) is 7.86. The average Bonchev–Trinajstić information content (AvgIpc) is 2.19. The van der Waals surface area contributed by atoms with Gasteiger partial charge in [-0.3, -0.25) is 4.79 Å². The molecule has 0 N–H and O–H groups in total. The maximum atomic E-state index is 11.9. The number of carbonyl (C=O) groups excluding carboxylic acids is 1. The Hall–Kier alpha value is -0.233. The van der Waals surface area contributed by atoms with E-state index in [1.807, 2.05) is 27.7 Å². The van der Waals surface area contributed by atoms with Crippen LogP contribution in [0.2, 0.25) is 0 Å². The van der Waals surface area contributed by atoms with Crippen LogP contribution in [0.1, 0.15) is 40.5 Å². The summed E-state index contributed by atoms with van der Waals surface area (Å²) < 4.78 is 16.4. The number of carbonyl (C=O) groups is 1. The van der Waals surface area contributed by atoms with Crippen LogP contribution in [-0.4, -0.2) is 34.0 Å². The fraction of sp³-hybridized carbons (Fsp3) is 0.900. The normalized spacial score (nSPS) is 11.7. The highest BCUT2D eigenvalue weighted by molar-refractivity contribution is 6.92. The minimum absolute atomic E-state index is 0.00412. The molecule has 4 nitrogen and oxygen atoms in total. The van der Waals surface area contributed by atoms with Crippen LogP contribution in [0.5, 0.6) is 0 Å². The molecule has 0 bridgehead atoms. The third-order valence-corrected chi connectivity index (χ3v) is 4.76. The fourth-order valence-electron chi connectivity index (χ4n) is 1.32. The molecule has 0 aromatic heterocycles. The first kappa shape index (κ1) is 14.8. The molecular formula is C10H22O4Si. The van der Waals surface area contributed by atoms with Crippen LogP contribution in [0.15, 0.2) is 0 Å². The van der Waals surface area contributed by atoms with Gasteiger partial charge in [-0.25, -0.2) is 0 Å². The van der Waals surface area contributed by atoms with Gasteiger partial charge in [0.25, 0.3) is 0 Å². The Morgan fingerprint density at radius 3 is 1.60 bits per heavy atom. The molecule has 5 heteroatoms. The maximum absolute atomic E-state index is 11.9. The molecule has 0 amide bonds. The summed E-state index contributed by atoms with van der Waals surface area (Å²) in [5.41, 5.74) is 0. The Morgan fingerprint density at radius 2 is 1.33 bits per heavy atom. The standard InChI is InChI=1S/C10H22O4Si/c1-5-9-10(11)15(12-6-2,13-7-3)14-8-4/h5-9H2,1-4H3. The molecule has 0 heterocycles. The quantitative estimate of drug-likeness (QED) is 0.572. The van der Waals surface area contributed by atoms with Crippen molar-refractivity contribution in [2.75, 3.05) is 19.8 Å². The van der Waals surface area contributed by atoms with Gasteiger partial charge in [0.05, 0.1) is 0 Å². The fourth-order valence-corrected chi connectivity index (χ4v) is 3.75. The molecule has 0 aliphatic carbocycles. The molecule has 0 rings (SSSR count). The lowest BCUT2D eigenvalue weighted by Crippen LogP contribution is -2.54. The molecule has 0 aliphatic rings. The van der Waals surface area contributed by atoms with E-state index in [0.717, 1.165) is 6.42 Å². The third kappa shape index (κ3) is 4.42. The van der Waals surface area contributed by atoms with Crippen molar-refractivity contribution >= 4 is 14.2 Å². The zero-order valence-electron chi connectivity index (χ0n) is 10.2. The summed E-state index contributed by atoms with van der Waals surface area (Å²) in [4.78, 5) is 11.9. The van der Waals surface area contributed by atoms with Gasteiger partial charge in [-0.15, -0.1) is 0 Å². The monoisotopic (exact) mass is 234 g/mol. The Bertz CT molecular complexity index is 167. The third-order valence-electron chi connectivity index (χ3n) is 1.82. The van der Waals surface area contributed by atoms with E-state index >= 15 is 0 Å². The lowest BCUT2D eigenvalue weighted by atomic mass is 10.4. The van der Waals surface area contributed by atoms with Gasteiger partial charge in [-0.2, -0.15) is 0 Å². The summed E-state index contributed by atoms with van der Waals surface area (Å²) in [7, 11) is -3.06. The van der Waals surface area contributed by atoms with Crippen molar-refractivity contribution in [3.05, 3.63) is 0 Å². The molecular weight excluding hydrogens is 212 g/mol. The van der Waals surface area contributed by atoms with Crippen LogP contribution >= 0.6 is 0 Å². The van der Waals surface area contributed by atoms with Crippen molar-refractivity contribution in [3.8, 4) is 0 Å². The van der Waals surface area contributed by atoms with Gasteiger partial charge in [0.15, 0.2) is 0 Å². The van der Waals surface area contributed by atoms with E-state index in [4.69, 9.17) is 13.3 Å². The SMILES string of the molecule is CCCC(=O)[Si](OCC)(OCC)OCC. The van der Waals surface area contributed by atoms with Crippen LogP contribution in [0, 0.1) is 0 Å². The van der Waals surface area contributed by atoms with Crippen LogP contribution in [0.25, 0.3) is 0 Å². The molecule has 0 atom stereocenters. The van der Waals surface area contributed by atoms with Gasteiger partial charge in [0, 0.05) is 26.2 Å². The second kappa shape index (κ2) is 7.98. The van der Waals surface area contributed by atoms with Gasteiger partial charge in [0.2, 0.25) is 5.41 Å². The van der Waals surface area contributed by atoms with Gasteiger partial charge in [-0.05, 0) is 27.2 Å². The summed E-state index contributed by atoms with van der Waals surface area (Å²) in [6.45, 7) is 8.84. The average molecular weight is 234 g/mol. The van der Waals surface area contributed by atoms with E-state index < -0.39 is 8.80 Å². The minimum atomic E-state index is -3.06. The molecule has 90 valence electrons. The number of hydrogen-bond donors (Lipinski definition) is 0. The molecule has 15 heavy (non-hydrogen) atoms. The van der Waals surface area contributed by atoms with Crippen molar-refractivity contribution < 1.29 is 18.1 Å². The molecule has 0 unspecified atom stereocenters. The van der Waals surface area contributed by atoms with E-state index in [-0.39, 0.29) is 5.41 Å². The molecule has 0 radical (unpaired) electrons. The molecule has 0 saturated heterocycles. The van der Waals surface area contributed by atoms with Crippen LogP contribution in [0.3, 0.4) is 0 Å². The van der Waals surface area contributed by atoms with E-state index in [1.165, 1.54) is 0 Å². The largest absolute Gasteiger partial charge is 0.574 e. The van der Waals surface area contributed by atoms with Crippen LogP contribution in [0.4, 0.5) is 0 Å². The molecule has 0 spiro atoms. The first-order chi connectivity index (χ1) is 7.16. The summed E-state index contributed by atoms with van der Waals surface area (Å²) in [6, 6.07) is 0. The summed E-state index contributed by atoms with van der Waals surface area (Å²) in [5, 5.41) is -0.00412. The lowest BCUT2D eigenvalue weighted by molar-refractivity contribution is -0.119. The molecule has 0 saturated carbocycles. The number of hydrogen-bond acceptors (Lipinski definition) is 4. The summed E-state index contributed by atoms with van der Waals surface area (Å²) in [5.74, 6) is 0. The van der Waals surface area contributed by atoms with Crippen LogP contribution < -0.4 is 0 Å². The Morgan fingerprint density at radius 1 is 0.933 bits per heavy atom. The highest BCUT2D eigenvalue weighted by atomic mass is 28.4. The first-order valence-electron chi connectivity index (χ1n) is 5.61. The van der Waals surface area contributed by atoms with Crippen LogP contribution in [-0.2, 0) is 18.1 Å².